The fraction of sp³-hybridized carbons (Fsp3) is 0.619. The Morgan fingerprint density at radius 2 is 1.85 bits per heavy atom. The molecule has 0 unspecified atom stereocenters. The molecule has 1 aliphatic heterocycles. The van der Waals surface area contributed by atoms with E-state index >= 15 is 0 Å². The van der Waals surface area contributed by atoms with Gasteiger partial charge in [-0.2, -0.15) is 0 Å². The van der Waals surface area contributed by atoms with Gasteiger partial charge in [0.1, 0.15) is 5.60 Å². The van der Waals surface area contributed by atoms with Gasteiger partial charge in [0.2, 0.25) is 5.91 Å². The minimum atomic E-state index is -0.461. The minimum Gasteiger partial charge on any atom is -0.444 e. The molecule has 1 fully saturated rings. The SMILES string of the molecule is Cc1cccc(CCC(=O)NCCN2CCN(C(=O)OC(C)(C)C)CC2)c1. The number of benzene rings is 1. The Bertz CT molecular complexity index is 632. The number of hydrogen-bond acceptors (Lipinski definition) is 4. The number of nitrogens with one attached hydrogen (secondary N) is 1. The number of piperazine rings is 1. The normalized spacial score (nSPS) is 15.5. The zero-order chi connectivity index (χ0) is 19.9. The Labute approximate surface area is 162 Å². The van der Waals surface area contributed by atoms with Crippen molar-refractivity contribution in [3.8, 4) is 0 Å². The standard InChI is InChI=1S/C21H33N3O3/c1-17-6-5-7-18(16-17)8-9-19(25)22-10-11-23-12-14-24(15-13-23)20(26)27-21(2,3)4/h5-7,16H,8-15H2,1-4H3,(H,22,25). The average molecular weight is 376 g/mol. The smallest absolute Gasteiger partial charge is 0.410 e. The topological polar surface area (TPSA) is 61.9 Å². The molecule has 0 radical (unpaired) electrons. The summed E-state index contributed by atoms with van der Waals surface area (Å²) in [7, 11) is 0. The lowest BCUT2D eigenvalue weighted by molar-refractivity contribution is -0.121. The van der Waals surface area contributed by atoms with Gasteiger partial charge in [-0.3, -0.25) is 9.69 Å². The van der Waals surface area contributed by atoms with Gasteiger partial charge in [-0.25, -0.2) is 4.79 Å². The molecule has 1 aromatic carbocycles. The summed E-state index contributed by atoms with van der Waals surface area (Å²) in [6, 6.07) is 8.27. The van der Waals surface area contributed by atoms with E-state index in [9.17, 15) is 9.59 Å². The molecule has 150 valence electrons. The Morgan fingerprint density at radius 3 is 2.48 bits per heavy atom. The van der Waals surface area contributed by atoms with E-state index in [4.69, 9.17) is 4.74 Å². The third-order valence-electron chi connectivity index (χ3n) is 4.50. The third-order valence-corrected chi connectivity index (χ3v) is 4.50. The van der Waals surface area contributed by atoms with Crippen LogP contribution in [0, 0.1) is 6.92 Å². The van der Waals surface area contributed by atoms with E-state index in [0.717, 1.165) is 26.1 Å². The van der Waals surface area contributed by atoms with Gasteiger partial charge >= 0.3 is 6.09 Å². The molecule has 27 heavy (non-hydrogen) atoms. The van der Waals surface area contributed by atoms with Crippen molar-refractivity contribution in [1.29, 1.82) is 0 Å². The Balaban J connectivity index is 1.60. The van der Waals surface area contributed by atoms with E-state index < -0.39 is 5.60 Å². The maximum Gasteiger partial charge on any atom is 0.410 e. The first-order chi connectivity index (χ1) is 12.7. The molecule has 2 amide bonds. The lowest BCUT2D eigenvalue weighted by Crippen LogP contribution is -2.51. The van der Waals surface area contributed by atoms with Crippen LogP contribution in [0.2, 0.25) is 0 Å². The molecular formula is C21H33N3O3. The van der Waals surface area contributed by atoms with Crippen LogP contribution in [0.5, 0.6) is 0 Å². The van der Waals surface area contributed by atoms with Crippen LogP contribution in [-0.2, 0) is 16.0 Å². The molecule has 1 heterocycles. The van der Waals surface area contributed by atoms with Crippen LogP contribution in [0.3, 0.4) is 0 Å². The Kier molecular flexibility index (Phi) is 7.66. The average Bonchev–Trinajstić information content (AvgIpc) is 2.59. The molecule has 0 saturated carbocycles. The highest BCUT2D eigenvalue weighted by molar-refractivity contribution is 5.76. The number of nitrogens with zero attached hydrogens (tertiary/aromatic N) is 2. The van der Waals surface area contributed by atoms with Crippen molar-refractivity contribution in [2.45, 2.75) is 46.1 Å². The Hall–Kier alpha value is -2.08. The Morgan fingerprint density at radius 1 is 1.15 bits per heavy atom. The van der Waals surface area contributed by atoms with Crippen molar-refractivity contribution >= 4 is 12.0 Å². The second-order valence-electron chi connectivity index (χ2n) is 8.15. The van der Waals surface area contributed by atoms with Crippen LogP contribution in [0.1, 0.15) is 38.3 Å². The predicted octanol–water partition coefficient (Wildman–Crippen LogP) is 2.60. The maximum atomic E-state index is 12.1. The molecule has 1 saturated heterocycles. The molecule has 6 nitrogen and oxygen atoms in total. The van der Waals surface area contributed by atoms with Crippen LogP contribution in [0.25, 0.3) is 0 Å². The van der Waals surface area contributed by atoms with E-state index in [2.05, 4.69) is 35.3 Å². The number of rotatable bonds is 6. The van der Waals surface area contributed by atoms with E-state index in [0.29, 0.717) is 26.1 Å². The third kappa shape index (κ3) is 7.99. The van der Waals surface area contributed by atoms with E-state index in [1.54, 1.807) is 4.90 Å². The zero-order valence-corrected chi connectivity index (χ0v) is 17.1. The summed E-state index contributed by atoms with van der Waals surface area (Å²) in [5, 5.41) is 2.99. The first-order valence-corrected chi connectivity index (χ1v) is 9.75. The highest BCUT2D eigenvalue weighted by atomic mass is 16.6. The summed E-state index contributed by atoms with van der Waals surface area (Å²) >= 11 is 0. The molecule has 1 aliphatic rings. The van der Waals surface area contributed by atoms with Crippen molar-refractivity contribution in [3.05, 3.63) is 35.4 Å². The van der Waals surface area contributed by atoms with Crippen LogP contribution in [0.15, 0.2) is 24.3 Å². The molecule has 6 heteroatoms. The second-order valence-corrected chi connectivity index (χ2v) is 8.15. The fourth-order valence-corrected chi connectivity index (χ4v) is 3.05. The number of ether oxygens (including phenoxy) is 1. The number of aryl methyl sites for hydroxylation is 2. The monoisotopic (exact) mass is 375 g/mol. The summed E-state index contributed by atoms with van der Waals surface area (Å²) in [4.78, 5) is 28.1. The lowest BCUT2D eigenvalue weighted by Gasteiger charge is -2.35. The molecule has 0 spiro atoms. The molecule has 0 aromatic heterocycles. The maximum absolute atomic E-state index is 12.1. The first-order valence-electron chi connectivity index (χ1n) is 9.75. The summed E-state index contributed by atoms with van der Waals surface area (Å²) < 4.78 is 5.41. The first kappa shape index (κ1) is 21.2. The van der Waals surface area contributed by atoms with Crippen molar-refractivity contribution in [2.75, 3.05) is 39.3 Å². The fourth-order valence-electron chi connectivity index (χ4n) is 3.05. The van der Waals surface area contributed by atoms with Crippen LogP contribution < -0.4 is 5.32 Å². The van der Waals surface area contributed by atoms with Gasteiger partial charge in [0.15, 0.2) is 0 Å². The summed E-state index contributed by atoms with van der Waals surface area (Å²) in [5.74, 6) is 0.0869. The van der Waals surface area contributed by atoms with Crippen molar-refractivity contribution < 1.29 is 14.3 Å². The van der Waals surface area contributed by atoms with Gasteiger partial charge in [-0.05, 0) is 39.7 Å². The van der Waals surface area contributed by atoms with Crippen LogP contribution in [0.4, 0.5) is 4.79 Å². The van der Waals surface area contributed by atoms with E-state index in [1.165, 1.54) is 11.1 Å². The highest BCUT2D eigenvalue weighted by Gasteiger charge is 2.25. The molecule has 1 N–H and O–H groups in total. The van der Waals surface area contributed by atoms with Gasteiger partial charge in [-0.15, -0.1) is 0 Å². The van der Waals surface area contributed by atoms with Crippen molar-refractivity contribution in [3.63, 3.8) is 0 Å². The van der Waals surface area contributed by atoms with Gasteiger partial charge < -0.3 is 15.0 Å². The molecular weight excluding hydrogens is 342 g/mol. The summed E-state index contributed by atoms with van der Waals surface area (Å²) in [6.45, 7) is 12.1. The van der Waals surface area contributed by atoms with Gasteiger partial charge in [0.25, 0.3) is 0 Å². The molecule has 1 aromatic rings. The quantitative estimate of drug-likeness (QED) is 0.830. The highest BCUT2D eigenvalue weighted by Crippen LogP contribution is 2.11. The molecule has 0 aliphatic carbocycles. The molecule has 0 atom stereocenters. The number of carbonyl (C=O) groups excluding carboxylic acids is 2. The number of carbonyl (C=O) groups is 2. The summed E-state index contributed by atoms with van der Waals surface area (Å²) in [5.41, 5.74) is 1.96. The van der Waals surface area contributed by atoms with Gasteiger partial charge in [0.05, 0.1) is 0 Å². The zero-order valence-electron chi connectivity index (χ0n) is 17.1. The predicted molar refractivity (Wildman–Crippen MR) is 107 cm³/mol. The molecule has 2 rings (SSSR count). The van der Waals surface area contributed by atoms with Crippen LogP contribution >= 0.6 is 0 Å². The van der Waals surface area contributed by atoms with E-state index in [-0.39, 0.29) is 12.0 Å². The largest absolute Gasteiger partial charge is 0.444 e. The number of hydrogen-bond donors (Lipinski definition) is 1. The van der Waals surface area contributed by atoms with Gasteiger partial charge in [-0.1, -0.05) is 29.8 Å². The summed E-state index contributed by atoms with van der Waals surface area (Å²) in [6.07, 6.45) is 1.03. The number of amides is 2. The second kappa shape index (κ2) is 9.74. The van der Waals surface area contributed by atoms with E-state index in [1.807, 2.05) is 26.8 Å². The van der Waals surface area contributed by atoms with Crippen molar-refractivity contribution in [1.82, 2.24) is 15.1 Å². The van der Waals surface area contributed by atoms with Gasteiger partial charge in [0, 0.05) is 45.7 Å². The van der Waals surface area contributed by atoms with Crippen LogP contribution in [-0.4, -0.2) is 66.7 Å². The van der Waals surface area contributed by atoms with Crippen molar-refractivity contribution in [2.24, 2.45) is 0 Å². The minimum absolute atomic E-state index is 0.0869. The lowest BCUT2D eigenvalue weighted by atomic mass is 10.1. The molecule has 0 bridgehead atoms.